The maximum atomic E-state index is 16.1. The van der Waals surface area contributed by atoms with E-state index in [2.05, 4.69) is 36.7 Å². The van der Waals surface area contributed by atoms with Gasteiger partial charge in [0.05, 0.1) is 28.9 Å². The average molecular weight is 659 g/mol. The highest BCUT2D eigenvalue weighted by atomic mass is 35.5. The van der Waals surface area contributed by atoms with Crippen molar-refractivity contribution in [3.05, 3.63) is 87.2 Å². The Morgan fingerprint density at radius 2 is 1.91 bits per heavy atom. The number of halogens is 3. The van der Waals surface area contributed by atoms with Crippen LogP contribution in [0.2, 0.25) is 10.0 Å². The van der Waals surface area contributed by atoms with Crippen molar-refractivity contribution in [3.63, 3.8) is 0 Å². The molecule has 240 valence electrons. The van der Waals surface area contributed by atoms with E-state index in [1.807, 2.05) is 6.92 Å². The first-order chi connectivity index (χ1) is 21.3. The van der Waals surface area contributed by atoms with Gasteiger partial charge < -0.3 is 30.9 Å². The Morgan fingerprint density at radius 1 is 1.16 bits per heavy atom. The summed E-state index contributed by atoms with van der Waals surface area (Å²) in [6, 6.07) is 12.7. The molecule has 3 aromatic rings. The number of rotatable bonds is 10. The van der Waals surface area contributed by atoms with Gasteiger partial charge in [-0.3, -0.25) is 4.79 Å². The predicted molar refractivity (Wildman–Crippen MR) is 174 cm³/mol. The summed E-state index contributed by atoms with van der Waals surface area (Å²) in [4.78, 5) is 26.0. The molecule has 0 aromatic heterocycles. The van der Waals surface area contributed by atoms with Crippen LogP contribution < -0.4 is 20.7 Å². The molecule has 45 heavy (non-hydrogen) atoms. The van der Waals surface area contributed by atoms with Crippen LogP contribution in [0.1, 0.15) is 74.4 Å². The molecule has 1 unspecified atom stereocenters. The number of aromatic carboxylic acids is 1. The summed E-state index contributed by atoms with van der Waals surface area (Å²) < 4.78 is 22.0. The Morgan fingerprint density at radius 3 is 2.60 bits per heavy atom. The number of aliphatic hydroxyl groups excluding tert-OH is 1. The summed E-state index contributed by atoms with van der Waals surface area (Å²) in [5, 5.41) is 31.5. The molecule has 0 aliphatic carbocycles. The van der Waals surface area contributed by atoms with Crippen LogP contribution in [0.25, 0.3) is 0 Å². The van der Waals surface area contributed by atoms with Crippen molar-refractivity contribution in [2.24, 2.45) is 5.41 Å². The monoisotopic (exact) mass is 657 g/mol. The van der Waals surface area contributed by atoms with Gasteiger partial charge in [-0.05, 0) is 65.8 Å². The van der Waals surface area contributed by atoms with E-state index in [1.54, 1.807) is 30.3 Å². The lowest BCUT2D eigenvalue weighted by molar-refractivity contribution is -0.122. The van der Waals surface area contributed by atoms with Crippen molar-refractivity contribution >= 4 is 46.5 Å². The van der Waals surface area contributed by atoms with Crippen molar-refractivity contribution < 1.29 is 28.9 Å². The summed E-state index contributed by atoms with van der Waals surface area (Å²) in [6.45, 7) is 8.52. The van der Waals surface area contributed by atoms with Crippen molar-refractivity contribution in [1.82, 2.24) is 5.32 Å². The molecular formula is C34H38Cl2FN3O5. The number of benzene rings is 3. The lowest BCUT2D eigenvalue weighted by Gasteiger charge is -2.38. The number of unbranched alkanes of at least 4 members (excludes halogenated alkanes) is 1. The van der Waals surface area contributed by atoms with Crippen molar-refractivity contribution in [2.75, 3.05) is 17.2 Å². The quantitative estimate of drug-likeness (QED) is 0.116. The Labute approximate surface area is 272 Å². The van der Waals surface area contributed by atoms with Gasteiger partial charge in [0.1, 0.15) is 23.2 Å². The van der Waals surface area contributed by atoms with Gasteiger partial charge in [-0.2, -0.15) is 0 Å². The summed E-state index contributed by atoms with van der Waals surface area (Å²) in [6.07, 6.45) is 0.733. The molecule has 1 amide bonds. The standard InChI is InChI=1S/C34H38Cl2FN3O5/c1-5-6-14-45-25-15-18(31(42)43)10-13-23(25)38-30(41)29-27(20-8-7-9-22(36)28(20)37)34(26(40-29)17-33(2,3)4)21-12-11-19(35)16-24(21)39-32(34)44/h7-13,15-16,26-27,29-30,38,40-41H,5-6,14,17H2,1-4H3,(H,39,44)(H,42,43)/t26-,27-,29+,30?,34+/m0/s1. The van der Waals surface area contributed by atoms with Crippen LogP contribution in [-0.4, -0.2) is 47.0 Å². The Hall–Kier alpha value is -3.37. The molecule has 8 nitrogen and oxygen atoms in total. The van der Waals surface area contributed by atoms with Crippen molar-refractivity contribution in [2.45, 2.75) is 76.6 Å². The minimum atomic E-state index is -1.39. The molecule has 2 heterocycles. The SMILES string of the molecule is CCCCOc1cc(C(=O)O)ccc1NC(O)[C@@H]1N[C@@H](CC(C)(C)C)[C@@]2(C(=O)Nc3cc(Cl)ccc32)[C@H]1c1cccc(Cl)c1F. The molecular weight excluding hydrogens is 620 g/mol. The van der Waals surface area contributed by atoms with E-state index in [0.717, 1.165) is 12.8 Å². The van der Waals surface area contributed by atoms with Crippen LogP contribution in [0.3, 0.4) is 0 Å². The molecule has 1 fully saturated rings. The van der Waals surface area contributed by atoms with E-state index in [1.165, 1.54) is 24.3 Å². The Bertz CT molecular complexity index is 1610. The maximum absolute atomic E-state index is 16.1. The number of nitrogens with one attached hydrogen (secondary N) is 3. The molecule has 2 aliphatic heterocycles. The topological polar surface area (TPSA) is 120 Å². The fourth-order valence-electron chi connectivity index (χ4n) is 6.72. The third-order valence-electron chi connectivity index (χ3n) is 8.60. The molecule has 2 aliphatic rings. The van der Waals surface area contributed by atoms with E-state index in [9.17, 15) is 19.8 Å². The van der Waals surface area contributed by atoms with Crippen molar-refractivity contribution in [3.8, 4) is 5.75 Å². The van der Waals surface area contributed by atoms with Gasteiger partial charge in [0.15, 0.2) is 0 Å². The number of amides is 1. The number of carboxylic acids is 1. The number of anilines is 2. The first-order valence-corrected chi connectivity index (χ1v) is 15.8. The van der Waals surface area contributed by atoms with Crippen LogP contribution in [0, 0.1) is 11.2 Å². The number of fused-ring (bicyclic) bond motifs is 2. The fourth-order valence-corrected chi connectivity index (χ4v) is 7.07. The number of carboxylic acid groups (broad SMARTS) is 1. The van der Waals surface area contributed by atoms with Gasteiger partial charge in [0.2, 0.25) is 5.91 Å². The van der Waals surface area contributed by atoms with Gasteiger partial charge in [-0.15, -0.1) is 0 Å². The first-order valence-electron chi connectivity index (χ1n) is 15.0. The highest BCUT2D eigenvalue weighted by Crippen LogP contribution is 2.57. The van der Waals surface area contributed by atoms with E-state index >= 15 is 4.39 Å². The van der Waals surface area contributed by atoms with E-state index in [0.29, 0.717) is 35.0 Å². The first kappa shape index (κ1) is 33.0. The molecule has 1 spiro atoms. The number of hydrogen-bond donors (Lipinski definition) is 5. The van der Waals surface area contributed by atoms with E-state index in [4.69, 9.17) is 27.9 Å². The summed E-state index contributed by atoms with van der Waals surface area (Å²) in [7, 11) is 0. The molecule has 0 saturated carbocycles. The molecule has 11 heteroatoms. The summed E-state index contributed by atoms with van der Waals surface area (Å²) >= 11 is 12.6. The van der Waals surface area contributed by atoms with Gasteiger partial charge in [-0.1, -0.05) is 75.5 Å². The average Bonchev–Trinajstić information content (AvgIpc) is 3.44. The van der Waals surface area contributed by atoms with Gasteiger partial charge in [0, 0.05) is 22.7 Å². The van der Waals surface area contributed by atoms with Crippen LogP contribution in [0.15, 0.2) is 54.6 Å². The molecule has 0 radical (unpaired) electrons. The lowest BCUT2D eigenvalue weighted by atomic mass is 9.62. The molecule has 1 saturated heterocycles. The second kappa shape index (κ2) is 12.8. The zero-order valence-corrected chi connectivity index (χ0v) is 27.1. The third kappa shape index (κ3) is 6.23. The molecule has 5 atom stereocenters. The van der Waals surface area contributed by atoms with E-state index in [-0.39, 0.29) is 33.2 Å². The molecule has 5 N–H and O–H groups in total. The summed E-state index contributed by atoms with van der Waals surface area (Å²) in [5.74, 6) is -2.81. The smallest absolute Gasteiger partial charge is 0.335 e. The highest BCUT2D eigenvalue weighted by molar-refractivity contribution is 6.31. The Balaban J connectivity index is 1.66. The second-order valence-electron chi connectivity index (χ2n) is 13.0. The Kier molecular flexibility index (Phi) is 9.38. The molecule has 0 bridgehead atoms. The lowest BCUT2D eigenvalue weighted by Crippen LogP contribution is -2.49. The molecule has 5 rings (SSSR count). The predicted octanol–water partition coefficient (Wildman–Crippen LogP) is 7.19. The minimum Gasteiger partial charge on any atom is -0.491 e. The zero-order chi connectivity index (χ0) is 32.7. The van der Waals surface area contributed by atoms with E-state index < -0.39 is 41.4 Å². The number of hydrogen-bond acceptors (Lipinski definition) is 6. The number of carbonyl (C=O) groups excluding carboxylic acids is 1. The van der Waals surface area contributed by atoms with Gasteiger partial charge in [0.25, 0.3) is 0 Å². The molecule has 3 aromatic carbocycles. The van der Waals surface area contributed by atoms with Crippen LogP contribution >= 0.6 is 23.2 Å². The summed E-state index contributed by atoms with van der Waals surface area (Å²) in [5.41, 5.74) is 0.119. The highest BCUT2D eigenvalue weighted by Gasteiger charge is 2.66. The van der Waals surface area contributed by atoms with Crippen molar-refractivity contribution in [1.29, 1.82) is 0 Å². The van der Waals surface area contributed by atoms with Gasteiger partial charge in [-0.25, -0.2) is 9.18 Å². The number of aliphatic hydroxyl groups is 1. The second-order valence-corrected chi connectivity index (χ2v) is 13.8. The number of carbonyl (C=O) groups is 2. The number of ether oxygens (including phenoxy) is 1. The maximum Gasteiger partial charge on any atom is 0.335 e. The van der Waals surface area contributed by atoms with Crippen LogP contribution in [0.5, 0.6) is 5.75 Å². The van der Waals surface area contributed by atoms with Crippen LogP contribution in [-0.2, 0) is 10.2 Å². The largest absolute Gasteiger partial charge is 0.491 e. The van der Waals surface area contributed by atoms with Crippen LogP contribution in [0.4, 0.5) is 15.8 Å². The van der Waals surface area contributed by atoms with Gasteiger partial charge >= 0.3 is 5.97 Å². The fraction of sp³-hybridized carbons (Fsp3) is 0.412. The normalized spacial score (nSPS) is 23.1. The third-order valence-corrected chi connectivity index (χ3v) is 9.13. The zero-order valence-electron chi connectivity index (χ0n) is 25.6. The minimum absolute atomic E-state index is 0.0292.